The summed E-state index contributed by atoms with van der Waals surface area (Å²) >= 11 is 0. The third kappa shape index (κ3) is 16.8. The first kappa shape index (κ1) is 17.8. The summed E-state index contributed by atoms with van der Waals surface area (Å²) in [5.74, 6) is 0. The summed E-state index contributed by atoms with van der Waals surface area (Å²) in [7, 11) is 0. The Morgan fingerprint density at radius 3 is 0.895 bits per heavy atom. The van der Waals surface area contributed by atoms with Crippen LogP contribution in [0.1, 0.15) is 77.0 Å². The van der Waals surface area contributed by atoms with Crippen LogP contribution in [0.4, 0.5) is 0 Å². The molecule has 4 nitrogen and oxygen atoms in total. The van der Waals surface area contributed by atoms with Crippen LogP contribution < -0.4 is 0 Å². The van der Waals surface area contributed by atoms with E-state index < -0.39 is 0 Å². The lowest BCUT2D eigenvalue weighted by Gasteiger charge is -2.05. The van der Waals surface area contributed by atoms with Crippen LogP contribution in [-0.2, 0) is 9.59 Å². The SMILES string of the molecule is C1CCCCC1.C1CCCCC1.O=C=NCN=C=O. The van der Waals surface area contributed by atoms with Gasteiger partial charge >= 0.3 is 0 Å². The molecule has 0 bridgehead atoms. The molecule has 2 aliphatic rings. The largest absolute Gasteiger partial charge is 0.236 e. The number of aliphatic imine (C=N–C) groups is 2. The second-order valence-electron chi connectivity index (χ2n) is 4.88. The van der Waals surface area contributed by atoms with Crippen LogP contribution in [0.5, 0.6) is 0 Å². The fraction of sp³-hybridized carbons (Fsp3) is 0.867. The van der Waals surface area contributed by atoms with Crippen LogP contribution in [-0.4, -0.2) is 18.8 Å². The summed E-state index contributed by atoms with van der Waals surface area (Å²) in [6, 6.07) is 0. The topological polar surface area (TPSA) is 58.9 Å². The molecule has 0 aromatic carbocycles. The highest BCUT2D eigenvalue weighted by Gasteiger charge is 1.96. The number of hydrogen-bond acceptors (Lipinski definition) is 4. The number of isocyanates is 2. The fourth-order valence-electron chi connectivity index (χ4n) is 2.21. The van der Waals surface area contributed by atoms with Gasteiger partial charge in [0, 0.05) is 0 Å². The van der Waals surface area contributed by atoms with Crippen molar-refractivity contribution in [2.75, 3.05) is 6.67 Å². The fourth-order valence-corrected chi connectivity index (χ4v) is 2.21. The summed E-state index contributed by atoms with van der Waals surface area (Å²) in [6.45, 7) is -0.160. The summed E-state index contributed by atoms with van der Waals surface area (Å²) < 4.78 is 0. The lowest BCUT2D eigenvalue weighted by Crippen LogP contribution is -1.85. The van der Waals surface area contributed by atoms with Crippen molar-refractivity contribution in [2.45, 2.75) is 77.0 Å². The molecule has 19 heavy (non-hydrogen) atoms. The highest BCUT2D eigenvalue weighted by molar-refractivity contribution is 5.35. The van der Waals surface area contributed by atoms with Gasteiger partial charge in [-0.2, -0.15) is 9.98 Å². The van der Waals surface area contributed by atoms with E-state index in [-0.39, 0.29) is 6.67 Å². The molecule has 2 aliphatic carbocycles. The molecule has 4 heteroatoms. The Labute approximate surface area is 116 Å². The number of hydrogen-bond donors (Lipinski definition) is 0. The van der Waals surface area contributed by atoms with Crippen LogP contribution in [0.15, 0.2) is 9.98 Å². The molecule has 0 atom stereocenters. The maximum absolute atomic E-state index is 9.20. The lowest BCUT2D eigenvalue weighted by atomic mass is 10.0. The van der Waals surface area contributed by atoms with Gasteiger partial charge in [0.25, 0.3) is 0 Å². The van der Waals surface area contributed by atoms with Gasteiger partial charge in [-0.1, -0.05) is 77.0 Å². The average Bonchev–Trinajstić information content (AvgIpc) is 2.53. The third-order valence-electron chi connectivity index (χ3n) is 3.27. The van der Waals surface area contributed by atoms with Crippen LogP contribution in [0.2, 0.25) is 0 Å². The number of carbonyl (C=O) groups excluding carboxylic acids is 2. The summed E-state index contributed by atoms with van der Waals surface area (Å²) in [4.78, 5) is 24.2. The normalized spacial score (nSPS) is 17.3. The molecule has 0 N–H and O–H groups in total. The van der Waals surface area contributed by atoms with Gasteiger partial charge in [0.2, 0.25) is 12.2 Å². The minimum atomic E-state index is -0.160. The molecule has 108 valence electrons. The minimum absolute atomic E-state index is 0.160. The van der Waals surface area contributed by atoms with E-state index in [0.717, 1.165) is 0 Å². The van der Waals surface area contributed by atoms with Crippen molar-refractivity contribution in [3.05, 3.63) is 0 Å². The van der Waals surface area contributed by atoms with Crippen molar-refractivity contribution in [1.82, 2.24) is 0 Å². The molecule has 0 radical (unpaired) electrons. The first-order chi connectivity index (χ1) is 9.41. The minimum Gasteiger partial charge on any atom is -0.211 e. The molecule has 0 amide bonds. The summed E-state index contributed by atoms with van der Waals surface area (Å²) in [5.41, 5.74) is 0. The standard InChI is InChI=1S/2C6H12.C3H2N2O2/c2*1-2-4-6-5-3-1;6-2-4-1-5-3-7/h2*1-6H2;1H2. The van der Waals surface area contributed by atoms with Crippen molar-refractivity contribution in [3.63, 3.8) is 0 Å². The zero-order chi connectivity index (χ0) is 14.0. The van der Waals surface area contributed by atoms with Gasteiger partial charge in [0.15, 0.2) is 6.67 Å². The van der Waals surface area contributed by atoms with E-state index in [1.165, 1.54) is 89.2 Å². The molecule has 0 spiro atoms. The van der Waals surface area contributed by atoms with Gasteiger partial charge in [-0.15, -0.1) is 0 Å². The number of nitrogens with zero attached hydrogens (tertiary/aromatic N) is 2. The van der Waals surface area contributed by atoms with Crippen molar-refractivity contribution in [3.8, 4) is 0 Å². The van der Waals surface area contributed by atoms with Gasteiger partial charge in [-0.25, -0.2) is 9.59 Å². The molecule has 2 saturated carbocycles. The number of rotatable bonds is 2. The van der Waals surface area contributed by atoms with Crippen molar-refractivity contribution >= 4 is 12.2 Å². The Bertz CT molecular complexity index is 221. The zero-order valence-corrected chi connectivity index (χ0v) is 11.9. The van der Waals surface area contributed by atoms with Gasteiger partial charge in [0.1, 0.15) is 0 Å². The van der Waals surface area contributed by atoms with E-state index in [4.69, 9.17) is 0 Å². The molecule has 0 heterocycles. The van der Waals surface area contributed by atoms with Crippen molar-refractivity contribution < 1.29 is 9.59 Å². The van der Waals surface area contributed by atoms with Crippen LogP contribution in [0.25, 0.3) is 0 Å². The van der Waals surface area contributed by atoms with Gasteiger partial charge in [0.05, 0.1) is 0 Å². The Kier molecular flexibility index (Phi) is 15.7. The summed E-state index contributed by atoms with van der Waals surface area (Å²) in [6.07, 6.45) is 20.4. The first-order valence-electron chi connectivity index (χ1n) is 7.49. The maximum atomic E-state index is 9.20. The van der Waals surface area contributed by atoms with Gasteiger partial charge < -0.3 is 0 Å². The van der Waals surface area contributed by atoms with Crippen molar-refractivity contribution in [1.29, 1.82) is 0 Å². The van der Waals surface area contributed by atoms with Crippen LogP contribution >= 0.6 is 0 Å². The Morgan fingerprint density at radius 2 is 0.737 bits per heavy atom. The van der Waals surface area contributed by atoms with E-state index in [0.29, 0.717) is 0 Å². The maximum Gasteiger partial charge on any atom is 0.236 e. The Balaban J connectivity index is 0.000000256. The molecule has 0 aliphatic heterocycles. The second-order valence-corrected chi connectivity index (χ2v) is 4.88. The predicted molar refractivity (Wildman–Crippen MR) is 76.5 cm³/mol. The Hall–Kier alpha value is -1.24. The molecule has 0 aromatic heterocycles. The monoisotopic (exact) mass is 266 g/mol. The van der Waals surface area contributed by atoms with E-state index >= 15 is 0 Å². The predicted octanol–water partition coefficient (Wildman–Crippen LogP) is 4.30. The van der Waals surface area contributed by atoms with E-state index in [1.54, 1.807) is 0 Å². The highest BCUT2D eigenvalue weighted by Crippen LogP contribution is 2.15. The molecule has 2 fully saturated rings. The van der Waals surface area contributed by atoms with E-state index in [1.807, 2.05) is 0 Å². The lowest BCUT2D eigenvalue weighted by molar-refractivity contribution is 0.504. The summed E-state index contributed by atoms with van der Waals surface area (Å²) in [5, 5.41) is 0. The molecule has 0 saturated heterocycles. The molecule has 2 rings (SSSR count). The van der Waals surface area contributed by atoms with Gasteiger partial charge in [-0.05, 0) is 0 Å². The first-order valence-corrected chi connectivity index (χ1v) is 7.49. The van der Waals surface area contributed by atoms with E-state index in [2.05, 4.69) is 9.98 Å². The molecule has 0 unspecified atom stereocenters. The molecule has 0 aromatic rings. The smallest absolute Gasteiger partial charge is 0.211 e. The highest BCUT2D eigenvalue weighted by atomic mass is 16.1. The van der Waals surface area contributed by atoms with Gasteiger partial charge in [-0.3, -0.25) is 0 Å². The van der Waals surface area contributed by atoms with Crippen LogP contribution in [0, 0.1) is 0 Å². The second kappa shape index (κ2) is 16.8. The average molecular weight is 266 g/mol. The zero-order valence-electron chi connectivity index (χ0n) is 11.9. The van der Waals surface area contributed by atoms with Crippen LogP contribution in [0.3, 0.4) is 0 Å². The Morgan fingerprint density at radius 1 is 0.526 bits per heavy atom. The molecular formula is C15H26N2O2. The van der Waals surface area contributed by atoms with Crippen molar-refractivity contribution in [2.24, 2.45) is 9.98 Å². The quantitative estimate of drug-likeness (QED) is 0.552. The van der Waals surface area contributed by atoms with E-state index in [9.17, 15) is 9.59 Å². The third-order valence-corrected chi connectivity index (χ3v) is 3.27. The molecular weight excluding hydrogens is 240 g/mol.